The molecule has 2 fully saturated rings. The fourth-order valence-electron chi connectivity index (χ4n) is 2.71. The van der Waals surface area contributed by atoms with E-state index in [1.807, 2.05) is 20.8 Å². The van der Waals surface area contributed by atoms with Gasteiger partial charge in [0.15, 0.2) is 0 Å². The van der Waals surface area contributed by atoms with E-state index in [0.717, 1.165) is 6.54 Å². The maximum absolute atomic E-state index is 12.0. The van der Waals surface area contributed by atoms with Crippen LogP contribution in [-0.2, 0) is 9.53 Å². The Morgan fingerprint density at radius 1 is 1.21 bits per heavy atom. The van der Waals surface area contributed by atoms with Crippen LogP contribution in [0.25, 0.3) is 0 Å². The summed E-state index contributed by atoms with van der Waals surface area (Å²) in [5.41, 5.74) is -0.493. The van der Waals surface area contributed by atoms with Gasteiger partial charge >= 0.3 is 12.1 Å². The van der Waals surface area contributed by atoms with Crippen LogP contribution in [0.2, 0.25) is 0 Å². The fraction of sp³-hybridized carbons (Fsp3) is 0.846. The second-order valence-corrected chi connectivity index (χ2v) is 6.35. The van der Waals surface area contributed by atoms with Gasteiger partial charge < -0.3 is 14.7 Å². The first-order chi connectivity index (χ1) is 8.76. The van der Waals surface area contributed by atoms with Gasteiger partial charge in [-0.25, -0.2) is 4.79 Å². The highest BCUT2D eigenvalue weighted by molar-refractivity contribution is 5.71. The Hall–Kier alpha value is -1.30. The molecule has 2 atom stereocenters. The monoisotopic (exact) mass is 270 g/mol. The zero-order valence-electron chi connectivity index (χ0n) is 11.8. The Balaban J connectivity index is 1.92. The Bertz CT molecular complexity index is 377. The van der Waals surface area contributed by atoms with Crippen LogP contribution in [0, 0.1) is 5.92 Å². The number of carbonyl (C=O) groups is 2. The van der Waals surface area contributed by atoms with Crippen molar-refractivity contribution in [1.82, 2.24) is 9.80 Å². The number of piperazine rings is 1. The number of rotatable bonds is 1. The van der Waals surface area contributed by atoms with Gasteiger partial charge in [0.25, 0.3) is 0 Å². The third-order valence-corrected chi connectivity index (χ3v) is 3.62. The molecule has 0 aromatic carbocycles. The van der Waals surface area contributed by atoms with Crippen molar-refractivity contribution in [3.8, 4) is 0 Å². The molecule has 1 N–H and O–H groups in total. The lowest BCUT2D eigenvalue weighted by atomic mass is 10.1. The van der Waals surface area contributed by atoms with Crippen LogP contribution in [0.15, 0.2) is 0 Å². The quantitative estimate of drug-likeness (QED) is 0.770. The standard InChI is InChI=1S/C13H22N2O4/c1-13(2,3)19-12(18)15-5-4-14-7-9(11(16)17)6-10(14)8-15/h9-10H,4-8H2,1-3H3,(H,16,17)/t9-,10+/m1/s1. The number of ether oxygens (including phenoxy) is 1. The van der Waals surface area contributed by atoms with E-state index in [4.69, 9.17) is 9.84 Å². The molecule has 6 nitrogen and oxygen atoms in total. The number of amides is 1. The van der Waals surface area contributed by atoms with Gasteiger partial charge in [-0.1, -0.05) is 0 Å². The van der Waals surface area contributed by atoms with Crippen LogP contribution >= 0.6 is 0 Å². The summed E-state index contributed by atoms with van der Waals surface area (Å²) in [6.45, 7) is 8.04. The summed E-state index contributed by atoms with van der Waals surface area (Å²) in [5, 5.41) is 9.06. The van der Waals surface area contributed by atoms with Crippen LogP contribution in [-0.4, -0.2) is 64.8 Å². The summed E-state index contributed by atoms with van der Waals surface area (Å²) in [4.78, 5) is 26.9. The smallest absolute Gasteiger partial charge is 0.410 e. The molecule has 1 amide bonds. The number of nitrogens with zero attached hydrogens (tertiary/aromatic N) is 2. The highest BCUT2D eigenvalue weighted by Gasteiger charge is 2.40. The normalized spacial score (nSPS) is 28.1. The molecule has 0 bridgehead atoms. The zero-order valence-corrected chi connectivity index (χ0v) is 11.8. The van der Waals surface area contributed by atoms with Crippen molar-refractivity contribution < 1.29 is 19.4 Å². The van der Waals surface area contributed by atoms with Crippen molar-refractivity contribution in [1.29, 1.82) is 0 Å². The Morgan fingerprint density at radius 2 is 1.89 bits per heavy atom. The SMILES string of the molecule is CC(C)(C)OC(=O)N1CCN2C[C@H](C(=O)O)C[C@H]2C1. The van der Waals surface area contributed by atoms with Crippen LogP contribution in [0.1, 0.15) is 27.2 Å². The van der Waals surface area contributed by atoms with E-state index in [-0.39, 0.29) is 18.1 Å². The summed E-state index contributed by atoms with van der Waals surface area (Å²) < 4.78 is 5.35. The lowest BCUT2D eigenvalue weighted by Gasteiger charge is -2.37. The molecule has 0 aromatic rings. The van der Waals surface area contributed by atoms with E-state index in [9.17, 15) is 9.59 Å². The largest absolute Gasteiger partial charge is 0.481 e. The molecule has 108 valence electrons. The van der Waals surface area contributed by atoms with Gasteiger partial charge in [-0.05, 0) is 27.2 Å². The van der Waals surface area contributed by atoms with Crippen LogP contribution in [0.3, 0.4) is 0 Å². The summed E-state index contributed by atoms with van der Waals surface area (Å²) in [5.74, 6) is -1.04. The second-order valence-electron chi connectivity index (χ2n) is 6.35. The molecule has 0 spiro atoms. The minimum atomic E-state index is -0.738. The minimum Gasteiger partial charge on any atom is -0.481 e. The van der Waals surface area contributed by atoms with Crippen LogP contribution in [0.5, 0.6) is 0 Å². The maximum atomic E-state index is 12.0. The lowest BCUT2D eigenvalue weighted by Crippen LogP contribution is -2.53. The molecule has 6 heteroatoms. The summed E-state index contributed by atoms with van der Waals surface area (Å²) >= 11 is 0. The first kappa shape index (κ1) is 14.1. The maximum Gasteiger partial charge on any atom is 0.410 e. The Labute approximate surface area is 113 Å². The minimum absolute atomic E-state index is 0.155. The molecular formula is C13H22N2O4. The van der Waals surface area contributed by atoms with Gasteiger partial charge in [0.05, 0.1) is 5.92 Å². The van der Waals surface area contributed by atoms with Gasteiger partial charge in [-0.2, -0.15) is 0 Å². The van der Waals surface area contributed by atoms with Crippen molar-refractivity contribution in [2.45, 2.75) is 38.8 Å². The molecule has 2 aliphatic heterocycles. The molecular weight excluding hydrogens is 248 g/mol. The average molecular weight is 270 g/mol. The highest BCUT2D eigenvalue weighted by Crippen LogP contribution is 2.27. The topological polar surface area (TPSA) is 70.1 Å². The molecule has 2 saturated heterocycles. The second kappa shape index (κ2) is 5.00. The number of carbonyl (C=O) groups excluding carboxylic acids is 1. The summed E-state index contributed by atoms with van der Waals surface area (Å²) in [6.07, 6.45) is 0.320. The third kappa shape index (κ3) is 3.37. The summed E-state index contributed by atoms with van der Waals surface area (Å²) in [6, 6.07) is 0.155. The van der Waals surface area contributed by atoms with Crippen molar-refractivity contribution in [2.24, 2.45) is 5.92 Å². The van der Waals surface area contributed by atoms with E-state index in [1.54, 1.807) is 4.90 Å². The molecule has 0 aromatic heterocycles. The molecule has 19 heavy (non-hydrogen) atoms. The first-order valence-corrected chi connectivity index (χ1v) is 6.71. The number of hydrogen-bond donors (Lipinski definition) is 1. The van der Waals surface area contributed by atoms with Crippen molar-refractivity contribution in [3.63, 3.8) is 0 Å². The van der Waals surface area contributed by atoms with Crippen LogP contribution < -0.4 is 0 Å². The van der Waals surface area contributed by atoms with Gasteiger partial charge in [0.2, 0.25) is 0 Å². The fourth-order valence-corrected chi connectivity index (χ4v) is 2.71. The van der Waals surface area contributed by atoms with Crippen LogP contribution in [0.4, 0.5) is 4.79 Å². The van der Waals surface area contributed by atoms with Gasteiger partial charge in [0.1, 0.15) is 5.60 Å². The van der Waals surface area contributed by atoms with E-state index >= 15 is 0 Å². The molecule has 2 heterocycles. The number of hydrogen-bond acceptors (Lipinski definition) is 4. The van der Waals surface area contributed by atoms with Crippen molar-refractivity contribution in [3.05, 3.63) is 0 Å². The molecule has 0 saturated carbocycles. The average Bonchev–Trinajstić information content (AvgIpc) is 2.69. The van der Waals surface area contributed by atoms with Gasteiger partial charge in [0, 0.05) is 32.2 Å². The Kier molecular flexibility index (Phi) is 3.71. The molecule has 0 unspecified atom stereocenters. The number of carboxylic acids is 1. The third-order valence-electron chi connectivity index (χ3n) is 3.62. The predicted molar refractivity (Wildman–Crippen MR) is 68.9 cm³/mol. The van der Waals surface area contributed by atoms with E-state index < -0.39 is 11.6 Å². The summed E-state index contributed by atoms with van der Waals surface area (Å²) in [7, 11) is 0. The molecule has 0 aliphatic carbocycles. The first-order valence-electron chi connectivity index (χ1n) is 6.71. The number of aliphatic carboxylic acids is 1. The Morgan fingerprint density at radius 3 is 2.47 bits per heavy atom. The van der Waals surface area contributed by atoms with E-state index in [1.165, 1.54) is 0 Å². The number of fused-ring (bicyclic) bond motifs is 1. The molecule has 2 aliphatic rings. The van der Waals surface area contributed by atoms with Crippen molar-refractivity contribution in [2.75, 3.05) is 26.2 Å². The lowest BCUT2D eigenvalue weighted by molar-refractivity contribution is -0.141. The zero-order chi connectivity index (χ0) is 14.2. The van der Waals surface area contributed by atoms with E-state index in [0.29, 0.717) is 26.1 Å². The number of carboxylic acid groups (broad SMARTS) is 1. The predicted octanol–water partition coefficient (Wildman–Crippen LogP) is 1.01. The molecule has 2 rings (SSSR count). The highest BCUT2D eigenvalue weighted by atomic mass is 16.6. The van der Waals surface area contributed by atoms with Crippen molar-refractivity contribution >= 4 is 12.1 Å². The van der Waals surface area contributed by atoms with Gasteiger partial charge in [-0.15, -0.1) is 0 Å². The molecule has 0 radical (unpaired) electrons. The van der Waals surface area contributed by atoms with E-state index in [2.05, 4.69) is 4.90 Å². The van der Waals surface area contributed by atoms with Gasteiger partial charge in [-0.3, -0.25) is 9.69 Å².